The molecule has 2 N–H and O–H groups in total. The lowest BCUT2D eigenvalue weighted by Crippen LogP contribution is -2.07. The Hall–Kier alpha value is -2.01. The Morgan fingerprint density at radius 3 is 2.38 bits per heavy atom. The van der Waals surface area contributed by atoms with E-state index in [1.807, 2.05) is 26.0 Å². The van der Waals surface area contributed by atoms with E-state index >= 15 is 0 Å². The Bertz CT molecular complexity index is 401. The highest BCUT2D eigenvalue weighted by Crippen LogP contribution is 2.17. The molecule has 0 atom stereocenters. The highest BCUT2D eigenvalue weighted by molar-refractivity contribution is 5.43. The van der Waals surface area contributed by atoms with Crippen LogP contribution in [0.2, 0.25) is 0 Å². The summed E-state index contributed by atoms with van der Waals surface area (Å²) in [6.45, 7) is 3.75. The van der Waals surface area contributed by atoms with Crippen molar-refractivity contribution in [3.8, 4) is 12.1 Å². The van der Waals surface area contributed by atoms with Gasteiger partial charge in [-0.2, -0.15) is 10.5 Å². The van der Waals surface area contributed by atoms with E-state index in [1.54, 1.807) is 4.57 Å². The summed E-state index contributed by atoms with van der Waals surface area (Å²) in [6.07, 6.45) is 0. The van der Waals surface area contributed by atoms with Gasteiger partial charge in [-0.05, 0) is 13.8 Å². The largest absolute Gasteiger partial charge is 0.369 e. The Morgan fingerprint density at radius 1 is 1.38 bits per heavy atom. The molecule has 5 heteroatoms. The number of hydrogen-bond acceptors (Lipinski definition) is 4. The molecule has 0 aliphatic carbocycles. The first-order valence-electron chi connectivity index (χ1n) is 3.79. The van der Waals surface area contributed by atoms with Gasteiger partial charge in [-0.1, -0.05) is 0 Å². The van der Waals surface area contributed by atoms with Crippen molar-refractivity contribution in [3.05, 3.63) is 11.4 Å². The zero-order chi connectivity index (χ0) is 10.0. The maximum absolute atomic E-state index is 8.78. The Balaban J connectivity index is 3.45. The third kappa shape index (κ3) is 1.32. The molecule has 1 rings (SSSR count). The maximum Gasteiger partial charge on any atom is 0.202 e. The predicted octanol–water partition coefficient (Wildman–Crippen LogP) is 0.790. The molecule has 0 saturated heterocycles. The number of anilines is 1. The zero-order valence-electron chi connectivity index (χ0n) is 7.44. The maximum atomic E-state index is 8.78. The van der Waals surface area contributed by atoms with E-state index in [1.165, 1.54) is 0 Å². The SMILES string of the molecule is CC(C)n1c(N)nc(C#N)c1C#N. The minimum atomic E-state index is 0.0317. The molecule has 13 heavy (non-hydrogen) atoms. The molecule has 0 spiro atoms. The number of nitrogen functional groups attached to an aromatic ring is 1. The summed E-state index contributed by atoms with van der Waals surface area (Å²) in [6, 6.07) is 3.78. The van der Waals surface area contributed by atoms with Crippen LogP contribution in [-0.4, -0.2) is 9.55 Å². The second-order valence-corrected chi connectivity index (χ2v) is 2.85. The van der Waals surface area contributed by atoms with Crippen LogP contribution in [-0.2, 0) is 0 Å². The van der Waals surface area contributed by atoms with E-state index in [0.29, 0.717) is 0 Å². The van der Waals surface area contributed by atoms with E-state index < -0.39 is 0 Å². The van der Waals surface area contributed by atoms with Crippen LogP contribution in [0.15, 0.2) is 0 Å². The first kappa shape index (κ1) is 9.08. The van der Waals surface area contributed by atoms with Crippen LogP contribution in [0, 0.1) is 22.7 Å². The predicted molar refractivity (Wildman–Crippen MR) is 46.5 cm³/mol. The summed E-state index contributed by atoms with van der Waals surface area (Å²) in [5.41, 5.74) is 5.87. The highest BCUT2D eigenvalue weighted by Gasteiger charge is 2.16. The van der Waals surface area contributed by atoms with E-state index in [-0.39, 0.29) is 23.4 Å². The fraction of sp³-hybridized carbons (Fsp3) is 0.375. The quantitative estimate of drug-likeness (QED) is 0.682. The first-order valence-corrected chi connectivity index (χ1v) is 3.79. The molecule has 0 radical (unpaired) electrons. The normalized spacial score (nSPS) is 9.62. The number of hydrogen-bond donors (Lipinski definition) is 1. The second kappa shape index (κ2) is 3.16. The van der Waals surface area contributed by atoms with Crippen molar-refractivity contribution in [1.29, 1.82) is 10.5 Å². The van der Waals surface area contributed by atoms with E-state index in [0.717, 1.165) is 0 Å². The van der Waals surface area contributed by atoms with Crippen molar-refractivity contribution in [3.63, 3.8) is 0 Å². The number of aromatic nitrogens is 2. The van der Waals surface area contributed by atoms with Gasteiger partial charge in [0.25, 0.3) is 0 Å². The summed E-state index contributed by atoms with van der Waals surface area (Å²) < 4.78 is 1.54. The first-order chi connectivity index (χ1) is 6.11. The topological polar surface area (TPSA) is 91.4 Å². The van der Waals surface area contributed by atoms with Gasteiger partial charge >= 0.3 is 0 Å². The molecule has 66 valence electrons. The fourth-order valence-electron chi connectivity index (χ4n) is 1.16. The Labute approximate surface area is 76.0 Å². The van der Waals surface area contributed by atoms with Crippen molar-refractivity contribution >= 4 is 5.95 Å². The lowest BCUT2D eigenvalue weighted by molar-refractivity contribution is 0.602. The molecule has 0 unspecified atom stereocenters. The summed E-state index contributed by atoms with van der Waals surface area (Å²) >= 11 is 0. The van der Waals surface area contributed by atoms with Crippen LogP contribution in [0.1, 0.15) is 31.3 Å². The van der Waals surface area contributed by atoms with Gasteiger partial charge in [-0.3, -0.25) is 4.57 Å². The standard InChI is InChI=1S/C8H9N5/c1-5(2)13-7(4-10)6(3-9)12-8(13)11/h5H,1-2H3,(H2,11,12). The number of nitrogens with two attached hydrogens (primary N) is 1. The van der Waals surface area contributed by atoms with Crippen LogP contribution in [0.25, 0.3) is 0 Å². The molecule has 0 aliphatic heterocycles. The molecule has 1 aromatic rings. The van der Waals surface area contributed by atoms with Crippen molar-refractivity contribution in [1.82, 2.24) is 9.55 Å². The van der Waals surface area contributed by atoms with Gasteiger partial charge in [0, 0.05) is 6.04 Å². The Morgan fingerprint density at radius 2 is 2.00 bits per heavy atom. The minimum absolute atomic E-state index is 0.0317. The molecule has 0 saturated carbocycles. The van der Waals surface area contributed by atoms with Gasteiger partial charge in [-0.15, -0.1) is 0 Å². The summed E-state index contributed by atoms with van der Waals surface area (Å²) in [5, 5.41) is 17.4. The van der Waals surface area contributed by atoms with E-state index in [2.05, 4.69) is 4.98 Å². The summed E-state index contributed by atoms with van der Waals surface area (Å²) in [5.74, 6) is 0.211. The van der Waals surface area contributed by atoms with Gasteiger partial charge in [0.2, 0.25) is 5.95 Å². The van der Waals surface area contributed by atoms with Crippen molar-refractivity contribution < 1.29 is 0 Å². The molecule has 1 aromatic heterocycles. The van der Waals surface area contributed by atoms with Crippen molar-refractivity contribution in [2.45, 2.75) is 19.9 Å². The third-order valence-electron chi connectivity index (χ3n) is 1.67. The summed E-state index contributed by atoms with van der Waals surface area (Å²) in [4.78, 5) is 3.78. The van der Waals surface area contributed by atoms with Crippen LogP contribution < -0.4 is 5.73 Å². The molecule has 0 aromatic carbocycles. The molecule has 5 nitrogen and oxygen atoms in total. The van der Waals surface area contributed by atoms with E-state index in [9.17, 15) is 0 Å². The average molecular weight is 175 g/mol. The minimum Gasteiger partial charge on any atom is -0.369 e. The number of imidazole rings is 1. The van der Waals surface area contributed by atoms with Crippen LogP contribution >= 0.6 is 0 Å². The molecule has 1 heterocycles. The molecule has 0 aliphatic rings. The third-order valence-corrected chi connectivity index (χ3v) is 1.67. The van der Waals surface area contributed by atoms with Crippen LogP contribution in [0.3, 0.4) is 0 Å². The highest BCUT2D eigenvalue weighted by atomic mass is 15.2. The molecule has 0 bridgehead atoms. The zero-order valence-corrected chi connectivity index (χ0v) is 7.44. The van der Waals surface area contributed by atoms with Gasteiger partial charge in [0.05, 0.1) is 0 Å². The number of nitriles is 2. The molecular formula is C8H9N5. The number of rotatable bonds is 1. The van der Waals surface area contributed by atoms with Gasteiger partial charge in [0.15, 0.2) is 11.4 Å². The van der Waals surface area contributed by atoms with Gasteiger partial charge < -0.3 is 5.73 Å². The molecule has 0 fully saturated rings. The van der Waals surface area contributed by atoms with Crippen molar-refractivity contribution in [2.75, 3.05) is 5.73 Å². The molecule has 0 amide bonds. The van der Waals surface area contributed by atoms with E-state index in [4.69, 9.17) is 16.3 Å². The van der Waals surface area contributed by atoms with Crippen molar-refractivity contribution in [2.24, 2.45) is 0 Å². The average Bonchev–Trinajstić information content (AvgIpc) is 2.41. The lowest BCUT2D eigenvalue weighted by atomic mass is 10.3. The fourth-order valence-corrected chi connectivity index (χ4v) is 1.16. The van der Waals surface area contributed by atoms with Crippen LogP contribution in [0.4, 0.5) is 5.95 Å². The molecular weight excluding hydrogens is 166 g/mol. The Kier molecular flexibility index (Phi) is 2.21. The number of nitrogens with zero attached hydrogens (tertiary/aromatic N) is 4. The van der Waals surface area contributed by atoms with Gasteiger partial charge in [0.1, 0.15) is 12.1 Å². The smallest absolute Gasteiger partial charge is 0.202 e. The lowest BCUT2D eigenvalue weighted by Gasteiger charge is -2.08. The van der Waals surface area contributed by atoms with Gasteiger partial charge in [-0.25, -0.2) is 4.98 Å². The monoisotopic (exact) mass is 175 g/mol. The second-order valence-electron chi connectivity index (χ2n) is 2.85. The summed E-state index contributed by atoms with van der Waals surface area (Å²) in [7, 11) is 0. The van der Waals surface area contributed by atoms with Crippen LogP contribution in [0.5, 0.6) is 0 Å².